The van der Waals surface area contributed by atoms with E-state index in [9.17, 15) is 15.3 Å². The Kier molecular flexibility index (Phi) is 3.96. The predicted octanol–water partition coefficient (Wildman–Crippen LogP) is -1.63. The maximum atomic E-state index is 9.38. The first kappa shape index (κ1) is 11.2. The number of ether oxygens (including phenoxy) is 2. The summed E-state index contributed by atoms with van der Waals surface area (Å²) in [7, 11) is 1.36. The lowest BCUT2D eigenvalue weighted by Crippen LogP contribution is -2.58. The molecule has 0 amide bonds. The molecule has 0 aromatic rings. The van der Waals surface area contributed by atoms with Crippen LogP contribution in [0.5, 0.6) is 0 Å². The summed E-state index contributed by atoms with van der Waals surface area (Å²) >= 11 is 3.94. The smallest absolute Gasteiger partial charge is 0.186 e. The molecule has 0 spiro atoms. The molecule has 0 saturated carbocycles. The highest BCUT2D eigenvalue weighted by atomic mass is 32.1. The van der Waals surface area contributed by atoms with Gasteiger partial charge < -0.3 is 24.8 Å². The highest BCUT2D eigenvalue weighted by molar-refractivity contribution is 7.80. The van der Waals surface area contributed by atoms with Crippen molar-refractivity contribution in [2.45, 2.75) is 30.7 Å². The molecule has 3 N–H and O–H groups in total. The lowest BCUT2D eigenvalue weighted by molar-refractivity contribution is -0.284. The van der Waals surface area contributed by atoms with E-state index in [4.69, 9.17) is 9.47 Å². The SMILES string of the molecule is CO[C@H]1OC(CS)[C@H](O)[C@H](O)C1O. The summed E-state index contributed by atoms with van der Waals surface area (Å²) in [6.07, 6.45) is -5.13. The Labute approximate surface area is 81.7 Å². The van der Waals surface area contributed by atoms with Crippen LogP contribution in [0.2, 0.25) is 0 Å². The summed E-state index contributed by atoms with van der Waals surface area (Å²) in [4.78, 5) is 0. The van der Waals surface area contributed by atoms with Crippen molar-refractivity contribution in [3.05, 3.63) is 0 Å². The van der Waals surface area contributed by atoms with E-state index in [1.165, 1.54) is 7.11 Å². The van der Waals surface area contributed by atoms with Crippen molar-refractivity contribution in [1.82, 2.24) is 0 Å². The van der Waals surface area contributed by atoms with Gasteiger partial charge in [0.05, 0.1) is 6.10 Å². The Morgan fingerprint density at radius 3 is 2.31 bits per heavy atom. The molecule has 1 fully saturated rings. The zero-order valence-electron chi connectivity index (χ0n) is 7.20. The first-order chi connectivity index (χ1) is 6.11. The number of aliphatic hydroxyl groups is 3. The van der Waals surface area contributed by atoms with Gasteiger partial charge in [-0.3, -0.25) is 0 Å². The number of hydrogen-bond acceptors (Lipinski definition) is 6. The average Bonchev–Trinajstić information content (AvgIpc) is 2.15. The van der Waals surface area contributed by atoms with Crippen molar-refractivity contribution in [2.75, 3.05) is 12.9 Å². The lowest BCUT2D eigenvalue weighted by Gasteiger charge is -2.39. The Hall–Kier alpha value is 0.150. The van der Waals surface area contributed by atoms with Gasteiger partial charge >= 0.3 is 0 Å². The average molecular weight is 210 g/mol. The number of rotatable bonds is 2. The predicted molar refractivity (Wildman–Crippen MR) is 47.5 cm³/mol. The molecular formula is C7H14O5S. The van der Waals surface area contributed by atoms with E-state index in [1.807, 2.05) is 0 Å². The van der Waals surface area contributed by atoms with Gasteiger partial charge in [-0.2, -0.15) is 12.6 Å². The van der Waals surface area contributed by atoms with Gasteiger partial charge in [0.15, 0.2) is 6.29 Å². The molecule has 0 aromatic carbocycles. The second-order valence-corrected chi connectivity index (χ2v) is 3.30. The second-order valence-electron chi connectivity index (χ2n) is 2.93. The van der Waals surface area contributed by atoms with Crippen molar-refractivity contribution >= 4 is 12.6 Å². The molecule has 5 atom stereocenters. The molecule has 0 bridgehead atoms. The molecule has 2 unspecified atom stereocenters. The first-order valence-electron chi connectivity index (χ1n) is 3.95. The van der Waals surface area contributed by atoms with Crippen LogP contribution in [0.15, 0.2) is 0 Å². The van der Waals surface area contributed by atoms with Crippen LogP contribution >= 0.6 is 12.6 Å². The molecule has 0 aliphatic carbocycles. The van der Waals surface area contributed by atoms with E-state index in [-0.39, 0.29) is 5.75 Å². The normalized spacial score (nSPS) is 46.4. The standard InChI is InChI=1S/C7H14O5S/c1-11-7-6(10)5(9)4(8)3(2-13)12-7/h3-10,13H,2H2,1H3/t3?,4-,5-,6?,7-/m0/s1. The second kappa shape index (κ2) is 4.59. The summed E-state index contributed by atoms with van der Waals surface area (Å²) in [5.41, 5.74) is 0. The molecule has 1 saturated heterocycles. The zero-order chi connectivity index (χ0) is 10.0. The Bertz CT molecular complexity index is 147. The zero-order valence-corrected chi connectivity index (χ0v) is 8.09. The fourth-order valence-corrected chi connectivity index (χ4v) is 1.56. The Morgan fingerprint density at radius 2 is 1.85 bits per heavy atom. The minimum Gasteiger partial charge on any atom is -0.388 e. The number of hydrogen-bond donors (Lipinski definition) is 4. The molecule has 0 radical (unpaired) electrons. The van der Waals surface area contributed by atoms with Gasteiger partial charge in [-0.05, 0) is 0 Å². The van der Waals surface area contributed by atoms with Crippen molar-refractivity contribution in [3.8, 4) is 0 Å². The van der Waals surface area contributed by atoms with Crippen LogP contribution in [0, 0.1) is 0 Å². The van der Waals surface area contributed by atoms with E-state index in [2.05, 4.69) is 12.6 Å². The van der Waals surface area contributed by atoms with E-state index in [0.29, 0.717) is 0 Å². The molecular weight excluding hydrogens is 196 g/mol. The molecule has 0 aromatic heterocycles. The summed E-state index contributed by atoms with van der Waals surface area (Å²) in [5, 5.41) is 28.1. The van der Waals surface area contributed by atoms with E-state index in [1.54, 1.807) is 0 Å². The summed E-state index contributed by atoms with van der Waals surface area (Å²) in [5.74, 6) is 0.255. The highest BCUT2D eigenvalue weighted by Gasteiger charge is 2.43. The van der Waals surface area contributed by atoms with Crippen LogP contribution in [0.4, 0.5) is 0 Å². The third kappa shape index (κ3) is 2.15. The monoisotopic (exact) mass is 210 g/mol. The van der Waals surface area contributed by atoms with Crippen molar-refractivity contribution in [3.63, 3.8) is 0 Å². The Morgan fingerprint density at radius 1 is 1.23 bits per heavy atom. The molecule has 1 aliphatic rings. The minimum absolute atomic E-state index is 0.255. The fraction of sp³-hybridized carbons (Fsp3) is 1.00. The lowest BCUT2D eigenvalue weighted by atomic mass is 10.00. The van der Waals surface area contributed by atoms with Crippen molar-refractivity contribution in [2.24, 2.45) is 0 Å². The molecule has 1 heterocycles. The van der Waals surface area contributed by atoms with Crippen molar-refractivity contribution in [1.29, 1.82) is 0 Å². The number of thiol groups is 1. The maximum Gasteiger partial charge on any atom is 0.186 e. The summed E-state index contributed by atoms with van der Waals surface area (Å²) in [6, 6.07) is 0. The minimum atomic E-state index is -1.25. The molecule has 6 heteroatoms. The van der Waals surface area contributed by atoms with Crippen LogP contribution < -0.4 is 0 Å². The van der Waals surface area contributed by atoms with Gasteiger partial charge in [0, 0.05) is 12.9 Å². The van der Waals surface area contributed by atoms with Crippen LogP contribution in [-0.4, -0.2) is 58.9 Å². The molecule has 78 valence electrons. The number of aliphatic hydroxyl groups excluding tert-OH is 3. The van der Waals surface area contributed by atoms with Crippen LogP contribution in [0.25, 0.3) is 0 Å². The first-order valence-corrected chi connectivity index (χ1v) is 4.58. The van der Waals surface area contributed by atoms with Gasteiger partial charge in [-0.1, -0.05) is 0 Å². The van der Waals surface area contributed by atoms with Gasteiger partial charge in [-0.15, -0.1) is 0 Å². The van der Waals surface area contributed by atoms with Gasteiger partial charge in [0.2, 0.25) is 0 Å². The third-order valence-electron chi connectivity index (χ3n) is 2.08. The molecule has 13 heavy (non-hydrogen) atoms. The van der Waals surface area contributed by atoms with Crippen LogP contribution in [0.3, 0.4) is 0 Å². The highest BCUT2D eigenvalue weighted by Crippen LogP contribution is 2.21. The third-order valence-corrected chi connectivity index (χ3v) is 2.44. The largest absolute Gasteiger partial charge is 0.388 e. The van der Waals surface area contributed by atoms with Gasteiger partial charge in [-0.25, -0.2) is 0 Å². The fourth-order valence-electron chi connectivity index (χ4n) is 1.26. The quantitative estimate of drug-likeness (QED) is 0.412. The maximum absolute atomic E-state index is 9.38. The van der Waals surface area contributed by atoms with Crippen molar-refractivity contribution < 1.29 is 24.8 Å². The van der Waals surface area contributed by atoms with Gasteiger partial charge in [0.1, 0.15) is 18.3 Å². The topological polar surface area (TPSA) is 79.2 Å². The molecule has 1 rings (SSSR count). The molecule has 1 aliphatic heterocycles. The van der Waals surface area contributed by atoms with E-state index in [0.717, 1.165) is 0 Å². The van der Waals surface area contributed by atoms with E-state index >= 15 is 0 Å². The Balaban J connectivity index is 2.66. The number of methoxy groups -OCH3 is 1. The van der Waals surface area contributed by atoms with Crippen LogP contribution in [0.1, 0.15) is 0 Å². The summed E-state index contributed by atoms with van der Waals surface area (Å²) < 4.78 is 9.90. The summed E-state index contributed by atoms with van der Waals surface area (Å²) in [6.45, 7) is 0. The molecule has 5 nitrogen and oxygen atoms in total. The van der Waals surface area contributed by atoms with Gasteiger partial charge in [0.25, 0.3) is 0 Å². The van der Waals surface area contributed by atoms with E-state index < -0.39 is 30.7 Å². The van der Waals surface area contributed by atoms with Crippen LogP contribution in [-0.2, 0) is 9.47 Å².